The quantitative estimate of drug-likeness (QED) is 0.486. The lowest BCUT2D eigenvalue weighted by molar-refractivity contribution is 0.104. The van der Waals surface area contributed by atoms with Gasteiger partial charge in [0.1, 0.15) is 10.8 Å². The van der Waals surface area contributed by atoms with Crippen molar-refractivity contribution in [2.45, 2.75) is 18.9 Å². The Balaban J connectivity index is 1.40. The maximum Gasteiger partial charge on any atom is 0.185 e. The zero-order chi connectivity index (χ0) is 20.2. The lowest BCUT2D eigenvalue weighted by Crippen LogP contribution is -2.35. The number of carbonyl (C=O) groups excluding carboxylic acids is 1. The van der Waals surface area contributed by atoms with E-state index >= 15 is 0 Å². The molecule has 1 N–H and O–H groups in total. The Morgan fingerprint density at radius 1 is 1.10 bits per heavy atom. The molecule has 1 aliphatic rings. The van der Waals surface area contributed by atoms with Crippen LogP contribution in [-0.2, 0) is 0 Å². The Morgan fingerprint density at radius 3 is 2.48 bits per heavy atom. The molecule has 6 heteroatoms. The summed E-state index contributed by atoms with van der Waals surface area (Å²) in [4.78, 5) is 19.2. The van der Waals surface area contributed by atoms with Crippen LogP contribution in [0.5, 0.6) is 0 Å². The highest BCUT2D eigenvalue weighted by Gasteiger charge is 2.17. The molecule has 1 aliphatic heterocycles. The number of aliphatic hydroxyl groups excluding tert-OH is 1. The number of benzene rings is 2. The van der Waals surface area contributed by atoms with Crippen molar-refractivity contribution >= 4 is 28.9 Å². The second-order valence-electron chi connectivity index (χ2n) is 7.05. The second-order valence-corrected chi connectivity index (χ2v) is 7.91. The minimum absolute atomic E-state index is 0.0815. The van der Waals surface area contributed by atoms with Crippen molar-refractivity contribution in [3.05, 3.63) is 77.1 Å². The van der Waals surface area contributed by atoms with E-state index in [0.717, 1.165) is 42.2 Å². The molecular formula is C23H21FN2O2S. The molecule has 0 saturated carbocycles. The Hall–Kier alpha value is -2.83. The van der Waals surface area contributed by atoms with E-state index in [2.05, 4.69) is 9.88 Å². The van der Waals surface area contributed by atoms with Gasteiger partial charge in [-0.05, 0) is 73.5 Å². The summed E-state index contributed by atoms with van der Waals surface area (Å²) in [5, 5.41) is 12.3. The summed E-state index contributed by atoms with van der Waals surface area (Å²) in [7, 11) is 0. The number of piperidine rings is 1. The number of carbonyl (C=O) groups is 1. The summed E-state index contributed by atoms with van der Waals surface area (Å²) in [6, 6.07) is 13.8. The summed E-state index contributed by atoms with van der Waals surface area (Å²) in [5.74, 6) is -0.359. The van der Waals surface area contributed by atoms with Gasteiger partial charge in [0.15, 0.2) is 5.78 Å². The van der Waals surface area contributed by atoms with E-state index in [4.69, 9.17) is 0 Å². The SMILES string of the molecule is O=C(C=Cc1csc(-c2ccc(F)cc2)n1)c1ccc(N2CCC(O)CC2)cc1. The number of aliphatic hydroxyl groups is 1. The van der Waals surface area contributed by atoms with Crippen molar-refractivity contribution in [3.63, 3.8) is 0 Å². The highest BCUT2D eigenvalue weighted by molar-refractivity contribution is 7.13. The molecule has 4 nitrogen and oxygen atoms in total. The first-order chi connectivity index (χ1) is 14.1. The van der Waals surface area contributed by atoms with Crippen molar-refractivity contribution in [1.82, 2.24) is 4.98 Å². The third-order valence-corrected chi connectivity index (χ3v) is 5.91. The molecule has 3 aromatic rings. The molecule has 0 unspecified atom stereocenters. The molecule has 2 heterocycles. The van der Waals surface area contributed by atoms with Crippen LogP contribution in [0.3, 0.4) is 0 Å². The molecule has 0 aliphatic carbocycles. The Morgan fingerprint density at radius 2 is 1.79 bits per heavy atom. The smallest absolute Gasteiger partial charge is 0.185 e. The number of hydrogen-bond acceptors (Lipinski definition) is 5. The van der Waals surface area contributed by atoms with E-state index < -0.39 is 0 Å². The Labute approximate surface area is 173 Å². The maximum absolute atomic E-state index is 13.0. The fraction of sp³-hybridized carbons (Fsp3) is 0.217. The van der Waals surface area contributed by atoms with Crippen LogP contribution in [0.1, 0.15) is 28.9 Å². The minimum atomic E-state index is -0.278. The van der Waals surface area contributed by atoms with Gasteiger partial charge in [-0.2, -0.15) is 0 Å². The van der Waals surface area contributed by atoms with Crippen LogP contribution in [0.15, 0.2) is 60.0 Å². The van der Waals surface area contributed by atoms with Crippen molar-refractivity contribution in [2.24, 2.45) is 0 Å². The molecule has 1 fully saturated rings. The highest BCUT2D eigenvalue weighted by Crippen LogP contribution is 2.25. The number of nitrogens with zero attached hydrogens (tertiary/aromatic N) is 2. The number of aromatic nitrogens is 1. The second kappa shape index (κ2) is 8.68. The number of allylic oxidation sites excluding steroid dienone is 1. The maximum atomic E-state index is 13.0. The first-order valence-electron chi connectivity index (χ1n) is 9.55. The van der Waals surface area contributed by atoms with Crippen molar-refractivity contribution in [2.75, 3.05) is 18.0 Å². The van der Waals surface area contributed by atoms with Gasteiger partial charge in [0.05, 0.1) is 11.8 Å². The van der Waals surface area contributed by atoms with Gasteiger partial charge in [-0.25, -0.2) is 9.37 Å². The highest BCUT2D eigenvalue weighted by atomic mass is 32.1. The molecule has 0 amide bonds. The molecule has 0 radical (unpaired) electrons. The van der Waals surface area contributed by atoms with E-state index in [9.17, 15) is 14.3 Å². The van der Waals surface area contributed by atoms with Gasteiger partial charge in [0.25, 0.3) is 0 Å². The van der Waals surface area contributed by atoms with Gasteiger partial charge >= 0.3 is 0 Å². The van der Waals surface area contributed by atoms with Gasteiger partial charge in [-0.15, -0.1) is 11.3 Å². The third kappa shape index (κ3) is 4.78. The van der Waals surface area contributed by atoms with E-state index in [1.807, 2.05) is 29.6 Å². The molecule has 0 bridgehead atoms. The molecule has 0 spiro atoms. The van der Waals surface area contributed by atoms with Crippen LogP contribution in [0, 0.1) is 5.82 Å². The lowest BCUT2D eigenvalue weighted by atomic mass is 10.1. The largest absolute Gasteiger partial charge is 0.393 e. The standard InChI is InChI=1S/C23H21FN2O2S/c24-18-5-1-17(2-6-18)23-25-19(15-29-23)7-10-22(28)16-3-8-20(9-4-16)26-13-11-21(27)12-14-26/h1-10,15,21,27H,11-14H2. The van der Waals surface area contributed by atoms with Crippen molar-refractivity contribution in [3.8, 4) is 10.6 Å². The van der Waals surface area contributed by atoms with Crippen molar-refractivity contribution < 1.29 is 14.3 Å². The summed E-state index contributed by atoms with van der Waals surface area (Å²) in [5.41, 5.74) is 3.24. The molecule has 0 atom stereocenters. The van der Waals surface area contributed by atoms with Crippen LogP contribution in [0.2, 0.25) is 0 Å². The predicted molar refractivity (Wildman–Crippen MR) is 115 cm³/mol. The average molecular weight is 408 g/mol. The first-order valence-corrected chi connectivity index (χ1v) is 10.4. The first kappa shape index (κ1) is 19.5. The molecule has 2 aromatic carbocycles. The van der Waals surface area contributed by atoms with Crippen LogP contribution < -0.4 is 4.90 Å². The zero-order valence-electron chi connectivity index (χ0n) is 15.8. The fourth-order valence-electron chi connectivity index (χ4n) is 3.31. The number of thiazole rings is 1. The van der Waals surface area contributed by atoms with E-state index in [1.54, 1.807) is 18.2 Å². The number of hydrogen-bond donors (Lipinski definition) is 1. The molecule has 148 valence electrons. The topological polar surface area (TPSA) is 53.4 Å². The number of anilines is 1. The van der Waals surface area contributed by atoms with Gasteiger partial charge in [0, 0.05) is 35.3 Å². The summed E-state index contributed by atoms with van der Waals surface area (Å²) in [6.07, 6.45) is 4.57. The van der Waals surface area contributed by atoms with Crippen LogP contribution in [0.25, 0.3) is 16.6 Å². The monoisotopic (exact) mass is 408 g/mol. The van der Waals surface area contributed by atoms with Gasteiger partial charge in [-0.1, -0.05) is 0 Å². The van der Waals surface area contributed by atoms with Gasteiger partial charge < -0.3 is 10.0 Å². The fourth-order valence-corrected chi connectivity index (χ4v) is 4.10. The van der Waals surface area contributed by atoms with E-state index in [1.165, 1.54) is 29.5 Å². The molecule has 1 aromatic heterocycles. The summed E-state index contributed by atoms with van der Waals surface area (Å²) < 4.78 is 13.0. The zero-order valence-corrected chi connectivity index (χ0v) is 16.6. The molecule has 29 heavy (non-hydrogen) atoms. The molecular weight excluding hydrogens is 387 g/mol. The Kier molecular flexibility index (Phi) is 5.83. The summed E-state index contributed by atoms with van der Waals surface area (Å²) >= 11 is 1.45. The normalized spacial score (nSPS) is 15.2. The van der Waals surface area contributed by atoms with E-state index in [-0.39, 0.29) is 17.7 Å². The molecule has 1 saturated heterocycles. The van der Waals surface area contributed by atoms with Gasteiger partial charge in [0.2, 0.25) is 0 Å². The van der Waals surface area contributed by atoms with Crippen LogP contribution in [0.4, 0.5) is 10.1 Å². The number of rotatable bonds is 5. The summed E-state index contributed by atoms with van der Waals surface area (Å²) in [6.45, 7) is 1.66. The Bertz CT molecular complexity index is 1000. The van der Waals surface area contributed by atoms with Crippen LogP contribution in [-0.4, -0.2) is 35.1 Å². The van der Waals surface area contributed by atoms with Crippen molar-refractivity contribution in [1.29, 1.82) is 0 Å². The van der Waals surface area contributed by atoms with Crippen LogP contribution >= 0.6 is 11.3 Å². The minimum Gasteiger partial charge on any atom is -0.393 e. The van der Waals surface area contributed by atoms with Gasteiger partial charge in [-0.3, -0.25) is 4.79 Å². The lowest BCUT2D eigenvalue weighted by Gasteiger charge is -2.31. The van der Waals surface area contributed by atoms with E-state index in [0.29, 0.717) is 11.3 Å². The molecule has 4 rings (SSSR count). The number of ketones is 1. The predicted octanol–water partition coefficient (Wildman–Crippen LogP) is 4.81. The number of halogens is 1. The third-order valence-electron chi connectivity index (χ3n) is 5.00. The average Bonchev–Trinajstić information content (AvgIpc) is 3.22.